The highest BCUT2D eigenvalue weighted by atomic mass is 32.2. The topological polar surface area (TPSA) is 96.4 Å². The summed E-state index contributed by atoms with van der Waals surface area (Å²) in [6.07, 6.45) is 2.24. The number of nitrogens with one attached hydrogen (secondary N) is 1. The van der Waals surface area contributed by atoms with E-state index >= 15 is 0 Å². The zero-order chi connectivity index (χ0) is 16.4. The summed E-state index contributed by atoms with van der Waals surface area (Å²) in [5.74, 6) is -1.06. The highest BCUT2D eigenvalue weighted by Crippen LogP contribution is 2.25. The Kier molecular flexibility index (Phi) is 4.14. The summed E-state index contributed by atoms with van der Waals surface area (Å²) in [6.45, 7) is 0.0507. The molecule has 2 N–H and O–H groups in total. The maximum absolute atomic E-state index is 12.4. The molecule has 0 radical (unpaired) electrons. The Morgan fingerprint density at radius 1 is 1.17 bits per heavy atom. The Labute approximate surface area is 134 Å². The number of carbonyl (C=O) groups is 1. The van der Waals surface area contributed by atoms with E-state index in [9.17, 15) is 13.2 Å². The minimum Gasteiger partial charge on any atom is -0.478 e. The lowest BCUT2D eigenvalue weighted by Gasteiger charge is -2.12. The molecular weight excluding hydrogens is 316 g/mol. The van der Waals surface area contributed by atoms with Crippen LogP contribution in [0.15, 0.2) is 42.6 Å². The van der Waals surface area contributed by atoms with Crippen molar-refractivity contribution in [3.63, 3.8) is 0 Å². The second kappa shape index (κ2) is 6.10. The lowest BCUT2D eigenvalue weighted by Crippen LogP contribution is -2.34. The molecule has 2 aromatic rings. The molecule has 0 bridgehead atoms. The standard InChI is InChI=1S/C16H16N2O4S/c19-16(20)13-5-6-14(17-9-13)10-18-23(21,22)15-7-11-3-1-2-4-12(11)8-15/h1-6,9,15,18H,7-8,10H2,(H,19,20). The molecule has 6 nitrogen and oxygen atoms in total. The van der Waals surface area contributed by atoms with Crippen molar-refractivity contribution in [2.45, 2.75) is 24.6 Å². The molecule has 0 saturated heterocycles. The van der Waals surface area contributed by atoms with Gasteiger partial charge in [0.15, 0.2) is 0 Å². The summed E-state index contributed by atoms with van der Waals surface area (Å²) in [4.78, 5) is 14.7. The van der Waals surface area contributed by atoms with Crippen LogP contribution in [0.2, 0.25) is 0 Å². The molecule has 1 aliphatic rings. The SMILES string of the molecule is O=C(O)c1ccc(CNS(=O)(=O)C2Cc3ccccc3C2)nc1. The summed E-state index contributed by atoms with van der Waals surface area (Å²) in [5, 5.41) is 8.34. The van der Waals surface area contributed by atoms with Gasteiger partial charge in [-0.2, -0.15) is 0 Å². The molecule has 0 fully saturated rings. The van der Waals surface area contributed by atoms with E-state index in [4.69, 9.17) is 5.11 Å². The van der Waals surface area contributed by atoms with Crippen LogP contribution in [0.25, 0.3) is 0 Å². The fourth-order valence-corrected chi connectivity index (χ4v) is 4.07. The van der Waals surface area contributed by atoms with Crippen molar-refractivity contribution >= 4 is 16.0 Å². The fraction of sp³-hybridized carbons (Fsp3) is 0.250. The number of sulfonamides is 1. The maximum Gasteiger partial charge on any atom is 0.337 e. The monoisotopic (exact) mass is 332 g/mol. The number of aromatic carboxylic acids is 1. The fourth-order valence-electron chi connectivity index (χ4n) is 2.69. The van der Waals surface area contributed by atoms with Gasteiger partial charge >= 0.3 is 5.97 Å². The summed E-state index contributed by atoms with van der Waals surface area (Å²) in [7, 11) is -3.46. The summed E-state index contributed by atoms with van der Waals surface area (Å²) in [5.41, 5.74) is 2.70. The summed E-state index contributed by atoms with van der Waals surface area (Å²) >= 11 is 0. The third-order valence-corrected chi connectivity index (χ3v) is 5.74. The lowest BCUT2D eigenvalue weighted by molar-refractivity contribution is 0.0696. The Morgan fingerprint density at radius 3 is 2.35 bits per heavy atom. The first-order valence-electron chi connectivity index (χ1n) is 7.19. The minimum atomic E-state index is -3.46. The van der Waals surface area contributed by atoms with Crippen LogP contribution in [0.3, 0.4) is 0 Å². The molecule has 0 atom stereocenters. The van der Waals surface area contributed by atoms with Gasteiger partial charge in [-0.3, -0.25) is 4.98 Å². The Morgan fingerprint density at radius 2 is 1.83 bits per heavy atom. The van der Waals surface area contributed by atoms with Crippen molar-refractivity contribution in [2.24, 2.45) is 0 Å². The van der Waals surface area contributed by atoms with Gasteiger partial charge in [0, 0.05) is 6.20 Å². The van der Waals surface area contributed by atoms with Gasteiger partial charge in [-0.15, -0.1) is 0 Å². The number of rotatable bonds is 5. The first-order chi connectivity index (χ1) is 11.0. The molecule has 0 saturated carbocycles. The van der Waals surface area contributed by atoms with Crippen LogP contribution in [0.1, 0.15) is 27.2 Å². The van der Waals surface area contributed by atoms with Gasteiger partial charge < -0.3 is 5.11 Å². The average Bonchev–Trinajstić information content (AvgIpc) is 2.98. The van der Waals surface area contributed by atoms with E-state index in [0.29, 0.717) is 18.5 Å². The maximum atomic E-state index is 12.4. The van der Waals surface area contributed by atoms with Gasteiger partial charge in [0.05, 0.1) is 23.1 Å². The normalized spacial score (nSPS) is 14.6. The molecule has 23 heavy (non-hydrogen) atoms. The second-order valence-corrected chi connectivity index (χ2v) is 7.55. The molecule has 1 aromatic carbocycles. The van der Waals surface area contributed by atoms with Crippen LogP contribution in [-0.2, 0) is 29.4 Å². The molecule has 0 amide bonds. The van der Waals surface area contributed by atoms with Crippen LogP contribution in [-0.4, -0.2) is 29.7 Å². The third-order valence-electron chi connectivity index (χ3n) is 3.98. The van der Waals surface area contributed by atoms with Gasteiger partial charge in [0.1, 0.15) is 0 Å². The number of fused-ring (bicyclic) bond motifs is 1. The molecule has 7 heteroatoms. The van der Waals surface area contributed by atoms with Gasteiger partial charge in [-0.05, 0) is 36.1 Å². The molecule has 3 rings (SSSR count). The number of carboxylic acid groups (broad SMARTS) is 1. The van der Waals surface area contributed by atoms with E-state index in [0.717, 1.165) is 11.1 Å². The van der Waals surface area contributed by atoms with E-state index in [-0.39, 0.29) is 12.1 Å². The van der Waals surface area contributed by atoms with E-state index in [1.165, 1.54) is 18.3 Å². The molecule has 0 aliphatic heterocycles. The number of aromatic nitrogens is 1. The molecular formula is C16H16N2O4S. The second-order valence-electron chi connectivity index (χ2n) is 5.51. The Bertz CT molecular complexity index is 806. The van der Waals surface area contributed by atoms with E-state index in [1.807, 2.05) is 24.3 Å². The molecule has 1 aliphatic carbocycles. The first kappa shape index (κ1) is 15.6. The largest absolute Gasteiger partial charge is 0.478 e. The highest BCUT2D eigenvalue weighted by molar-refractivity contribution is 7.90. The Hall–Kier alpha value is -2.25. The van der Waals surface area contributed by atoms with Crippen LogP contribution in [0.5, 0.6) is 0 Å². The molecule has 120 valence electrons. The predicted octanol–water partition coefficient (Wildman–Crippen LogP) is 1.37. The summed E-state index contributed by atoms with van der Waals surface area (Å²) < 4.78 is 27.4. The van der Waals surface area contributed by atoms with Crippen molar-refractivity contribution in [1.82, 2.24) is 9.71 Å². The quantitative estimate of drug-likeness (QED) is 0.862. The number of pyridine rings is 1. The van der Waals surface area contributed by atoms with E-state index < -0.39 is 21.2 Å². The number of nitrogens with zero attached hydrogens (tertiary/aromatic N) is 1. The van der Waals surface area contributed by atoms with Gasteiger partial charge in [0.25, 0.3) is 0 Å². The van der Waals surface area contributed by atoms with Crippen LogP contribution >= 0.6 is 0 Å². The van der Waals surface area contributed by atoms with Gasteiger partial charge in [-0.1, -0.05) is 24.3 Å². The molecule has 1 aromatic heterocycles. The molecule has 1 heterocycles. The minimum absolute atomic E-state index is 0.0507. The van der Waals surface area contributed by atoms with Gasteiger partial charge in [0.2, 0.25) is 10.0 Å². The highest BCUT2D eigenvalue weighted by Gasteiger charge is 2.31. The van der Waals surface area contributed by atoms with Crippen molar-refractivity contribution < 1.29 is 18.3 Å². The zero-order valence-corrected chi connectivity index (χ0v) is 13.1. The smallest absolute Gasteiger partial charge is 0.337 e. The van der Waals surface area contributed by atoms with Crippen molar-refractivity contribution in [3.05, 3.63) is 65.0 Å². The molecule has 0 unspecified atom stereocenters. The van der Waals surface area contributed by atoms with E-state index in [2.05, 4.69) is 9.71 Å². The van der Waals surface area contributed by atoms with Crippen molar-refractivity contribution in [1.29, 1.82) is 0 Å². The zero-order valence-electron chi connectivity index (χ0n) is 12.3. The lowest BCUT2D eigenvalue weighted by atomic mass is 10.1. The average molecular weight is 332 g/mol. The van der Waals surface area contributed by atoms with Gasteiger partial charge in [-0.25, -0.2) is 17.9 Å². The third kappa shape index (κ3) is 3.40. The summed E-state index contributed by atoms with van der Waals surface area (Å²) in [6, 6.07) is 10.7. The Balaban J connectivity index is 1.65. The van der Waals surface area contributed by atoms with E-state index in [1.54, 1.807) is 0 Å². The number of hydrogen-bond acceptors (Lipinski definition) is 4. The van der Waals surface area contributed by atoms with Crippen molar-refractivity contribution in [2.75, 3.05) is 0 Å². The molecule has 0 spiro atoms. The first-order valence-corrected chi connectivity index (χ1v) is 8.74. The number of hydrogen-bond donors (Lipinski definition) is 2. The van der Waals surface area contributed by atoms with Crippen LogP contribution in [0, 0.1) is 0 Å². The predicted molar refractivity (Wildman–Crippen MR) is 84.6 cm³/mol. The number of benzene rings is 1. The van der Waals surface area contributed by atoms with Crippen molar-refractivity contribution in [3.8, 4) is 0 Å². The number of carboxylic acids is 1. The van der Waals surface area contributed by atoms with Crippen LogP contribution in [0.4, 0.5) is 0 Å². The van der Waals surface area contributed by atoms with Crippen LogP contribution < -0.4 is 4.72 Å².